The molecule has 1 atom stereocenters. The third-order valence-corrected chi connectivity index (χ3v) is 4.00. The SMILES string of the molecule is Cl.Cn1cc(-c2ncccc2NC(=O)C2CNC(C)(C)C2)cn1. The highest BCUT2D eigenvalue weighted by atomic mass is 35.5. The van der Waals surface area contributed by atoms with E-state index in [-0.39, 0.29) is 29.8 Å². The first-order valence-electron chi connectivity index (χ1n) is 7.44. The third kappa shape index (κ3) is 3.89. The zero-order valence-corrected chi connectivity index (χ0v) is 14.4. The minimum absolute atomic E-state index is 0. The molecule has 23 heavy (non-hydrogen) atoms. The minimum atomic E-state index is -0.0167. The molecule has 0 aromatic carbocycles. The van der Waals surface area contributed by atoms with Gasteiger partial charge in [0.2, 0.25) is 5.91 Å². The van der Waals surface area contributed by atoms with E-state index >= 15 is 0 Å². The number of halogens is 1. The van der Waals surface area contributed by atoms with Crippen LogP contribution >= 0.6 is 12.4 Å². The van der Waals surface area contributed by atoms with Crippen LogP contribution in [0.4, 0.5) is 5.69 Å². The number of aromatic nitrogens is 3. The van der Waals surface area contributed by atoms with Gasteiger partial charge in [-0.1, -0.05) is 0 Å². The molecule has 2 aromatic heterocycles. The summed E-state index contributed by atoms with van der Waals surface area (Å²) in [5.41, 5.74) is 2.38. The molecule has 1 aliphatic heterocycles. The smallest absolute Gasteiger partial charge is 0.228 e. The molecule has 7 heteroatoms. The summed E-state index contributed by atoms with van der Waals surface area (Å²) in [5, 5.41) is 10.6. The number of nitrogens with one attached hydrogen (secondary N) is 2. The van der Waals surface area contributed by atoms with Crippen molar-refractivity contribution < 1.29 is 4.79 Å². The predicted molar refractivity (Wildman–Crippen MR) is 92.5 cm³/mol. The lowest BCUT2D eigenvalue weighted by molar-refractivity contribution is -0.119. The van der Waals surface area contributed by atoms with Gasteiger partial charge in [-0.25, -0.2) is 0 Å². The summed E-state index contributed by atoms with van der Waals surface area (Å²) in [7, 11) is 1.86. The number of pyridine rings is 1. The Labute approximate surface area is 142 Å². The number of aryl methyl sites for hydroxylation is 1. The zero-order valence-electron chi connectivity index (χ0n) is 13.5. The number of hydrogen-bond donors (Lipinski definition) is 2. The third-order valence-electron chi connectivity index (χ3n) is 4.00. The maximum atomic E-state index is 12.5. The highest BCUT2D eigenvalue weighted by Gasteiger charge is 2.34. The Kier molecular flexibility index (Phi) is 5.06. The molecule has 0 spiro atoms. The summed E-state index contributed by atoms with van der Waals surface area (Å²) in [6, 6.07) is 3.70. The first-order valence-corrected chi connectivity index (χ1v) is 7.44. The standard InChI is InChI=1S/C16H21N5O.ClH/c1-16(2)7-11(8-18-16)15(22)20-13-5-4-6-17-14(13)12-9-19-21(3)10-12;/h4-6,9-11,18H,7-8H2,1-3H3,(H,20,22);1H. The van der Waals surface area contributed by atoms with Gasteiger partial charge >= 0.3 is 0 Å². The highest BCUT2D eigenvalue weighted by molar-refractivity contribution is 5.96. The Morgan fingerprint density at radius 3 is 2.87 bits per heavy atom. The number of anilines is 1. The molecule has 0 saturated carbocycles. The molecule has 0 bridgehead atoms. The Morgan fingerprint density at radius 1 is 1.48 bits per heavy atom. The van der Waals surface area contributed by atoms with Gasteiger partial charge in [0, 0.05) is 37.1 Å². The monoisotopic (exact) mass is 335 g/mol. The van der Waals surface area contributed by atoms with Crippen molar-refractivity contribution in [2.45, 2.75) is 25.8 Å². The Morgan fingerprint density at radius 2 is 2.26 bits per heavy atom. The summed E-state index contributed by atoms with van der Waals surface area (Å²) in [4.78, 5) is 16.9. The second kappa shape index (κ2) is 6.68. The molecular weight excluding hydrogens is 314 g/mol. The summed E-state index contributed by atoms with van der Waals surface area (Å²) in [6.45, 7) is 4.94. The fourth-order valence-electron chi connectivity index (χ4n) is 2.86. The van der Waals surface area contributed by atoms with Gasteiger partial charge in [-0.15, -0.1) is 12.4 Å². The van der Waals surface area contributed by atoms with Crippen LogP contribution in [-0.2, 0) is 11.8 Å². The van der Waals surface area contributed by atoms with Crippen LogP contribution in [0.15, 0.2) is 30.7 Å². The molecule has 2 aromatic rings. The number of carbonyl (C=O) groups excluding carboxylic acids is 1. The molecule has 1 aliphatic rings. The zero-order chi connectivity index (χ0) is 15.7. The van der Waals surface area contributed by atoms with Crippen molar-refractivity contribution in [2.24, 2.45) is 13.0 Å². The molecule has 1 fully saturated rings. The molecule has 1 saturated heterocycles. The van der Waals surface area contributed by atoms with E-state index in [1.807, 2.05) is 25.4 Å². The number of hydrogen-bond acceptors (Lipinski definition) is 4. The van der Waals surface area contributed by atoms with Crippen LogP contribution in [0.5, 0.6) is 0 Å². The molecule has 3 heterocycles. The molecule has 124 valence electrons. The summed E-state index contributed by atoms with van der Waals surface area (Å²) >= 11 is 0. The maximum absolute atomic E-state index is 12.5. The van der Waals surface area contributed by atoms with Crippen molar-refractivity contribution in [3.63, 3.8) is 0 Å². The van der Waals surface area contributed by atoms with E-state index in [0.717, 1.165) is 23.4 Å². The molecule has 3 rings (SSSR count). The minimum Gasteiger partial charge on any atom is -0.324 e. The Hall–Kier alpha value is -1.92. The van der Waals surface area contributed by atoms with Crippen LogP contribution in [0.3, 0.4) is 0 Å². The average molecular weight is 336 g/mol. The quantitative estimate of drug-likeness (QED) is 0.902. The van der Waals surface area contributed by atoms with Gasteiger partial charge in [-0.3, -0.25) is 14.5 Å². The van der Waals surface area contributed by atoms with Crippen molar-refractivity contribution in [2.75, 3.05) is 11.9 Å². The molecular formula is C16H22ClN5O. The first-order chi connectivity index (χ1) is 10.4. The van der Waals surface area contributed by atoms with Crippen molar-refractivity contribution in [1.82, 2.24) is 20.1 Å². The van der Waals surface area contributed by atoms with Crippen LogP contribution in [0.2, 0.25) is 0 Å². The van der Waals surface area contributed by atoms with E-state index < -0.39 is 0 Å². The lowest BCUT2D eigenvalue weighted by atomic mass is 9.96. The van der Waals surface area contributed by atoms with Gasteiger partial charge < -0.3 is 10.6 Å². The van der Waals surface area contributed by atoms with E-state index in [1.165, 1.54) is 0 Å². The molecule has 0 aliphatic carbocycles. The summed E-state index contributed by atoms with van der Waals surface area (Å²) in [6.07, 6.45) is 6.19. The van der Waals surface area contributed by atoms with E-state index in [4.69, 9.17) is 0 Å². The van der Waals surface area contributed by atoms with Gasteiger partial charge in [0.25, 0.3) is 0 Å². The van der Waals surface area contributed by atoms with Crippen molar-refractivity contribution in [1.29, 1.82) is 0 Å². The van der Waals surface area contributed by atoms with Crippen LogP contribution < -0.4 is 10.6 Å². The van der Waals surface area contributed by atoms with Gasteiger partial charge in [-0.05, 0) is 32.4 Å². The maximum Gasteiger partial charge on any atom is 0.228 e. The van der Waals surface area contributed by atoms with E-state index in [2.05, 4.69) is 34.6 Å². The second-order valence-electron chi connectivity index (χ2n) is 6.46. The first kappa shape index (κ1) is 17.4. The Balaban J connectivity index is 0.00000192. The fourth-order valence-corrected chi connectivity index (χ4v) is 2.86. The number of carbonyl (C=O) groups is 1. The van der Waals surface area contributed by atoms with Crippen LogP contribution in [0.1, 0.15) is 20.3 Å². The summed E-state index contributed by atoms with van der Waals surface area (Å²) in [5.74, 6) is 0.0215. The topological polar surface area (TPSA) is 71.8 Å². The van der Waals surface area contributed by atoms with Gasteiger partial charge in [0.1, 0.15) is 0 Å². The van der Waals surface area contributed by atoms with Gasteiger partial charge in [0.15, 0.2) is 0 Å². The lowest BCUT2D eigenvalue weighted by Crippen LogP contribution is -2.31. The van der Waals surface area contributed by atoms with Crippen molar-refractivity contribution >= 4 is 24.0 Å². The lowest BCUT2D eigenvalue weighted by Gasteiger charge is -2.17. The van der Waals surface area contributed by atoms with Crippen LogP contribution in [-0.4, -0.2) is 32.8 Å². The largest absolute Gasteiger partial charge is 0.324 e. The molecule has 1 amide bonds. The fraction of sp³-hybridized carbons (Fsp3) is 0.438. The van der Waals surface area contributed by atoms with Crippen LogP contribution in [0, 0.1) is 5.92 Å². The predicted octanol–water partition coefficient (Wildman–Crippen LogP) is 2.23. The van der Waals surface area contributed by atoms with Gasteiger partial charge in [-0.2, -0.15) is 5.10 Å². The number of rotatable bonds is 3. The molecule has 1 unspecified atom stereocenters. The van der Waals surface area contributed by atoms with Crippen molar-refractivity contribution in [3.05, 3.63) is 30.7 Å². The molecule has 0 radical (unpaired) electrons. The van der Waals surface area contributed by atoms with Crippen LogP contribution in [0.25, 0.3) is 11.3 Å². The van der Waals surface area contributed by atoms with E-state index in [1.54, 1.807) is 17.1 Å². The average Bonchev–Trinajstić information content (AvgIpc) is 3.05. The highest BCUT2D eigenvalue weighted by Crippen LogP contribution is 2.28. The van der Waals surface area contributed by atoms with E-state index in [0.29, 0.717) is 6.54 Å². The number of amides is 1. The Bertz CT molecular complexity index is 697. The van der Waals surface area contributed by atoms with Gasteiger partial charge in [0.05, 0.1) is 23.5 Å². The second-order valence-corrected chi connectivity index (χ2v) is 6.46. The van der Waals surface area contributed by atoms with Crippen molar-refractivity contribution in [3.8, 4) is 11.3 Å². The normalized spacial score (nSPS) is 19.2. The molecule has 6 nitrogen and oxygen atoms in total. The summed E-state index contributed by atoms with van der Waals surface area (Å²) < 4.78 is 1.72. The molecule has 2 N–H and O–H groups in total. The van der Waals surface area contributed by atoms with E-state index in [9.17, 15) is 4.79 Å². The number of nitrogens with zero attached hydrogens (tertiary/aromatic N) is 3.